The van der Waals surface area contributed by atoms with Gasteiger partial charge in [-0.05, 0) is 26.0 Å². The van der Waals surface area contributed by atoms with E-state index in [0.717, 1.165) is 18.1 Å². The van der Waals surface area contributed by atoms with E-state index in [1.54, 1.807) is 0 Å². The monoisotopic (exact) mass is 201 g/mol. The average molecular weight is 202 g/mol. The molecule has 2 rings (SSSR count). The van der Waals surface area contributed by atoms with Crippen LogP contribution in [0.25, 0.3) is 0 Å². The molecule has 3 heteroatoms. The van der Waals surface area contributed by atoms with E-state index in [0.29, 0.717) is 5.92 Å². The molecule has 0 spiro atoms. The highest BCUT2D eigenvalue weighted by Crippen LogP contribution is 2.35. The van der Waals surface area contributed by atoms with Gasteiger partial charge in [-0.2, -0.15) is 0 Å². The van der Waals surface area contributed by atoms with Gasteiger partial charge in [0, 0.05) is 22.2 Å². The Kier molecular flexibility index (Phi) is 2.40. The second-order valence-corrected chi connectivity index (χ2v) is 4.95. The van der Waals surface area contributed by atoms with Gasteiger partial charge in [0.15, 0.2) is 0 Å². The molecule has 1 fully saturated rings. The zero-order valence-corrected chi connectivity index (χ0v) is 8.63. The summed E-state index contributed by atoms with van der Waals surface area (Å²) in [5.74, 6) is 0.663. The lowest BCUT2D eigenvalue weighted by Crippen LogP contribution is -2.07. The molecule has 0 saturated carbocycles. The Morgan fingerprint density at radius 2 is 2.50 bits per heavy atom. The number of halogens is 1. The first kappa shape index (κ1) is 8.54. The standard InChI is InChI=1S/C9H12ClNS/c1-6-4-8(10)9(12-6)7-2-3-11-5-7/h4,7,11H,2-3,5H2,1H3. The van der Waals surface area contributed by atoms with Crippen molar-refractivity contribution in [3.05, 3.63) is 20.8 Å². The van der Waals surface area contributed by atoms with Crippen molar-refractivity contribution in [1.82, 2.24) is 5.32 Å². The van der Waals surface area contributed by atoms with Crippen molar-refractivity contribution in [2.75, 3.05) is 13.1 Å². The Hall–Kier alpha value is -0.0500. The maximum Gasteiger partial charge on any atom is 0.0551 e. The van der Waals surface area contributed by atoms with E-state index >= 15 is 0 Å². The highest BCUT2D eigenvalue weighted by Gasteiger charge is 2.20. The number of nitrogens with one attached hydrogen (secondary N) is 1. The van der Waals surface area contributed by atoms with Crippen molar-refractivity contribution in [2.24, 2.45) is 0 Å². The van der Waals surface area contributed by atoms with Gasteiger partial charge in [-0.25, -0.2) is 0 Å². The third-order valence-electron chi connectivity index (χ3n) is 2.27. The van der Waals surface area contributed by atoms with Gasteiger partial charge in [0.2, 0.25) is 0 Å². The lowest BCUT2D eigenvalue weighted by atomic mass is 10.1. The van der Waals surface area contributed by atoms with Crippen molar-refractivity contribution in [1.29, 1.82) is 0 Å². The van der Waals surface area contributed by atoms with Crippen molar-refractivity contribution >= 4 is 22.9 Å². The van der Waals surface area contributed by atoms with E-state index in [4.69, 9.17) is 11.6 Å². The molecule has 0 amide bonds. The van der Waals surface area contributed by atoms with Crippen LogP contribution >= 0.6 is 22.9 Å². The summed E-state index contributed by atoms with van der Waals surface area (Å²) in [5, 5.41) is 4.32. The van der Waals surface area contributed by atoms with Gasteiger partial charge in [0.1, 0.15) is 0 Å². The normalized spacial score (nSPS) is 23.3. The van der Waals surface area contributed by atoms with E-state index < -0.39 is 0 Å². The molecule has 0 aromatic carbocycles. The van der Waals surface area contributed by atoms with Crippen molar-refractivity contribution in [2.45, 2.75) is 19.3 Å². The summed E-state index contributed by atoms with van der Waals surface area (Å²) in [4.78, 5) is 2.70. The molecule has 1 aliphatic heterocycles. The quantitative estimate of drug-likeness (QED) is 0.737. The molecule has 1 atom stereocenters. The van der Waals surface area contributed by atoms with Gasteiger partial charge in [0.25, 0.3) is 0 Å². The molecular weight excluding hydrogens is 190 g/mol. The summed E-state index contributed by atoms with van der Waals surface area (Å²) in [6.45, 7) is 4.35. The first-order valence-corrected chi connectivity index (χ1v) is 5.43. The molecule has 1 aromatic rings. The molecule has 0 bridgehead atoms. The fourth-order valence-corrected chi connectivity index (χ4v) is 3.20. The van der Waals surface area contributed by atoms with Crippen LogP contribution in [0.15, 0.2) is 6.07 Å². The summed E-state index contributed by atoms with van der Waals surface area (Å²) in [6.07, 6.45) is 1.24. The molecule has 1 aromatic heterocycles. The topological polar surface area (TPSA) is 12.0 Å². The van der Waals surface area contributed by atoms with Crippen LogP contribution in [0.3, 0.4) is 0 Å². The Morgan fingerprint density at radius 3 is 3.00 bits per heavy atom. The van der Waals surface area contributed by atoms with Crippen LogP contribution in [0.5, 0.6) is 0 Å². The summed E-state index contributed by atoms with van der Waals surface area (Å²) in [5.41, 5.74) is 0. The summed E-state index contributed by atoms with van der Waals surface area (Å²) >= 11 is 7.95. The second kappa shape index (κ2) is 3.36. The van der Waals surface area contributed by atoms with Gasteiger partial charge in [-0.1, -0.05) is 11.6 Å². The largest absolute Gasteiger partial charge is 0.316 e. The summed E-state index contributed by atoms with van der Waals surface area (Å²) in [7, 11) is 0. The Morgan fingerprint density at radius 1 is 1.67 bits per heavy atom. The highest BCUT2D eigenvalue weighted by atomic mass is 35.5. The first-order valence-electron chi connectivity index (χ1n) is 4.24. The van der Waals surface area contributed by atoms with Crippen LogP contribution in [0.4, 0.5) is 0 Å². The molecule has 1 saturated heterocycles. The number of aryl methyl sites for hydroxylation is 1. The minimum atomic E-state index is 0.663. The van der Waals surface area contributed by atoms with Gasteiger partial charge >= 0.3 is 0 Å². The van der Waals surface area contributed by atoms with Crippen LogP contribution in [0.1, 0.15) is 22.1 Å². The Balaban J connectivity index is 2.25. The fourth-order valence-electron chi connectivity index (χ4n) is 1.66. The van der Waals surface area contributed by atoms with Crippen molar-refractivity contribution in [3.63, 3.8) is 0 Å². The SMILES string of the molecule is Cc1cc(Cl)c(C2CCNC2)s1. The molecule has 0 aliphatic carbocycles. The fraction of sp³-hybridized carbons (Fsp3) is 0.556. The highest BCUT2D eigenvalue weighted by molar-refractivity contribution is 7.12. The van der Waals surface area contributed by atoms with E-state index in [2.05, 4.69) is 18.3 Å². The third-order valence-corrected chi connectivity index (χ3v) is 3.91. The smallest absolute Gasteiger partial charge is 0.0551 e. The van der Waals surface area contributed by atoms with Crippen LogP contribution in [-0.4, -0.2) is 13.1 Å². The number of rotatable bonds is 1. The van der Waals surface area contributed by atoms with Gasteiger partial charge in [0.05, 0.1) is 5.02 Å². The van der Waals surface area contributed by atoms with Gasteiger partial charge in [-0.15, -0.1) is 11.3 Å². The molecular formula is C9H12ClNS. The van der Waals surface area contributed by atoms with Crippen molar-refractivity contribution < 1.29 is 0 Å². The summed E-state index contributed by atoms with van der Waals surface area (Å²) < 4.78 is 0. The first-order chi connectivity index (χ1) is 5.77. The van der Waals surface area contributed by atoms with E-state index in [1.807, 2.05) is 11.3 Å². The van der Waals surface area contributed by atoms with Gasteiger partial charge in [-0.3, -0.25) is 0 Å². The van der Waals surface area contributed by atoms with Gasteiger partial charge < -0.3 is 5.32 Å². The maximum atomic E-state index is 6.11. The lowest BCUT2D eigenvalue weighted by Gasteiger charge is -2.04. The number of hydrogen-bond acceptors (Lipinski definition) is 2. The Bertz CT molecular complexity index is 276. The van der Waals surface area contributed by atoms with Crippen LogP contribution in [0.2, 0.25) is 5.02 Å². The molecule has 0 radical (unpaired) electrons. The van der Waals surface area contributed by atoms with Crippen LogP contribution in [-0.2, 0) is 0 Å². The molecule has 1 unspecified atom stereocenters. The van der Waals surface area contributed by atoms with E-state index in [1.165, 1.54) is 16.2 Å². The average Bonchev–Trinajstić information content (AvgIpc) is 2.58. The van der Waals surface area contributed by atoms with Crippen LogP contribution in [0, 0.1) is 6.92 Å². The predicted molar refractivity (Wildman–Crippen MR) is 54.3 cm³/mol. The second-order valence-electron chi connectivity index (χ2n) is 3.26. The maximum absolute atomic E-state index is 6.11. The molecule has 12 heavy (non-hydrogen) atoms. The lowest BCUT2D eigenvalue weighted by molar-refractivity contribution is 0.779. The van der Waals surface area contributed by atoms with Crippen LogP contribution < -0.4 is 5.32 Å². The molecule has 2 heterocycles. The molecule has 1 N–H and O–H groups in total. The molecule has 66 valence electrons. The van der Waals surface area contributed by atoms with E-state index in [9.17, 15) is 0 Å². The number of hydrogen-bond donors (Lipinski definition) is 1. The van der Waals surface area contributed by atoms with E-state index in [-0.39, 0.29) is 0 Å². The molecule has 1 aliphatic rings. The Labute approximate surface area is 81.7 Å². The number of thiophene rings is 1. The third kappa shape index (κ3) is 1.51. The van der Waals surface area contributed by atoms with Crippen molar-refractivity contribution in [3.8, 4) is 0 Å². The minimum Gasteiger partial charge on any atom is -0.316 e. The zero-order valence-electron chi connectivity index (χ0n) is 7.06. The molecule has 1 nitrogen and oxygen atoms in total. The summed E-state index contributed by atoms with van der Waals surface area (Å²) in [6, 6.07) is 2.07. The predicted octanol–water partition coefficient (Wildman–Crippen LogP) is 2.79. The minimum absolute atomic E-state index is 0.663. The zero-order chi connectivity index (χ0) is 8.55.